The van der Waals surface area contributed by atoms with Gasteiger partial charge in [0.15, 0.2) is 0 Å². The summed E-state index contributed by atoms with van der Waals surface area (Å²) in [6.45, 7) is 0.193. The highest BCUT2D eigenvalue weighted by molar-refractivity contribution is 6.30. The first kappa shape index (κ1) is 19.5. The molecule has 2 aromatic carbocycles. The molecule has 0 atom stereocenters. The Hall–Kier alpha value is -3.77. The summed E-state index contributed by atoms with van der Waals surface area (Å²) < 4.78 is 5.26. The van der Waals surface area contributed by atoms with Gasteiger partial charge in [0.1, 0.15) is 11.6 Å². The second kappa shape index (κ2) is 8.31. The molecule has 150 valence electrons. The summed E-state index contributed by atoms with van der Waals surface area (Å²) in [5, 5.41) is 3.33. The predicted molar refractivity (Wildman–Crippen MR) is 115 cm³/mol. The number of benzene rings is 2. The van der Waals surface area contributed by atoms with Gasteiger partial charge in [-0.1, -0.05) is 54.1 Å². The third kappa shape index (κ3) is 3.86. The van der Waals surface area contributed by atoms with Crippen LogP contribution in [0.25, 0.3) is 11.1 Å². The minimum absolute atomic E-state index is 0.108. The fourth-order valence-corrected chi connectivity index (χ4v) is 3.36. The molecule has 4 N–H and O–H groups in total. The van der Waals surface area contributed by atoms with Gasteiger partial charge in [0.2, 0.25) is 5.78 Å². The number of aromatic nitrogens is 1. The van der Waals surface area contributed by atoms with Gasteiger partial charge in [0.25, 0.3) is 5.91 Å². The van der Waals surface area contributed by atoms with Crippen LogP contribution in [0.4, 0.5) is 5.82 Å². The molecular weight excluding hydrogens is 402 g/mol. The molecule has 0 aliphatic heterocycles. The zero-order valence-corrected chi connectivity index (χ0v) is 16.6. The van der Waals surface area contributed by atoms with E-state index >= 15 is 0 Å². The number of hydrogen-bond acceptors (Lipinski definition) is 4. The van der Waals surface area contributed by atoms with Crippen LogP contribution in [0.5, 0.6) is 0 Å². The maximum Gasteiger partial charge on any atom is 0.256 e. The van der Waals surface area contributed by atoms with E-state index in [1.807, 2.05) is 6.07 Å². The zero-order chi connectivity index (χ0) is 21.1. The highest BCUT2D eigenvalue weighted by atomic mass is 35.5. The normalized spacial score (nSPS) is 10.7. The minimum Gasteiger partial charge on any atom is -0.467 e. The summed E-state index contributed by atoms with van der Waals surface area (Å²) in [5.74, 6) is 0.0248. The van der Waals surface area contributed by atoms with Crippen LogP contribution in [0.3, 0.4) is 0 Å². The number of nitrogens with two attached hydrogens (primary N) is 1. The van der Waals surface area contributed by atoms with Crippen LogP contribution < -0.4 is 11.1 Å². The van der Waals surface area contributed by atoms with Gasteiger partial charge in [-0.15, -0.1) is 0 Å². The number of furan rings is 1. The molecule has 0 unspecified atom stereocenters. The summed E-state index contributed by atoms with van der Waals surface area (Å²) in [5.41, 5.74) is 8.15. The molecule has 0 radical (unpaired) electrons. The van der Waals surface area contributed by atoms with Gasteiger partial charge >= 0.3 is 0 Å². The Morgan fingerprint density at radius 3 is 2.40 bits per heavy atom. The minimum atomic E-state index is -0.419. The summed E-state index contributed by atoms with van der Waals surface area (Å²) in [7, 11) is 0. The number of H-pyrrole nitrogens is 1. The first-order valence-electron chi connectivity index (χ1n) is 9.22. The monoisotopic (exact) mass is 419 g/mol. The van der Waals surface area contributed by atoms with Crippen molar-refractivity contribution in [2.75, 3.05) is 5.73 Å². The molecule has 1 amide bonds. The number of hydrogen-bond donors (Lipinski definition) is 3. The first-order chi connectivity index (χ1) is 14.5. The molecule has 30 heavy (non-hydrogen) atoms. The smallest absolute Gasteiger partial charge is 0.256 e. The average molecular weight is 420 g/mol. The van der Waals surface area contributed by atoms with E-state index in [0.717, 1.165) is 0 Å². The maximum atomic E-state index is 13.2. The quantitative estimate of drug-likeness (QED) is 0.395. The molecule has 0 aliphatic carbocycles. The third-order valence-corrected chi connectivity index (χ3v) is 4.91. The molecule has 2 aromatic heterocycles. The lowest BCUT2D eigenvalue weighted by molar-refractivity contribution is 0.0949. The van der Waals surface area contributed by atoms with E-state index in [0.29, 0.717) is 27.5 Å². The number of aromatic amines is 1. The molecule has 0 saturated heterocycles. The zero-order valence-electron chi connectivity index (χ0n) is 15.8. The fourth-order valence-electron chi connectivity index (χ4n) is 3.23. The fraction of sp³-hybridized carbons (Fsp3) is 0.0435. The van der Waals surface area contributed by atoms with Crippen LogP contribution in [-0.2, 0) is 6.54 Å². The van der Waals surface area contributed by atoms with Gasteiger partial charge in [-0.3, -0.25) is 9.59 Å². The molecule has 6 nitrogen and oxygen atoms in total. The van der Waals surface area contributed by atoms with Crippen molar-refractivity contribution in [3.63, 3.8) is 0 Å². The van der Waals surface area contributed by atoms with E-state index in [2.05, 4.69) is 10.3 Å². The number of halogens is 1. The average Bonchev–Trinajstić information content (AvgIpc) is 3.40. The molecule has 0 saturated carbocycles. The van der Waals surface area contributed by atoms with E-state index in [1.165, 1.54) is 6.26 Å². The molecule has 0 aliphatic rings. The lowest BCUT2D eigenvalue weighted by Gasteiger charge is -2.09. The van der Waals surface area contributed by atoms with Crippen LogP contribution in [0.15, 0.2) is 77.4 Å². The number of amides is 1. The SMILES string of the molecule is Nc1[nH]c(C(=O)c2ccccc2)c(-c2ccc(Cl)cc2)c1C(=O)NCc1ccco1. The van der Waals surface area contributed by atoms with Crippen LogP contribution in [0.1, 0.15) is 32.2 Å². The third-order valence-electron chi connectivity index (χ3n) is 4.66. The molecule has 4 rings (SSSR count). The molecule has 2 heterocycles. The standard InChI is InChI=1S/C23H18ClN3O3/c24-16-10-8-14(9-11-16)18-19(23(29)26-13-17-7-4-12-30-17)22(25)27-20(18)21(28)15-5-2-1-3-6-15/h1-12,27H,13,25H2,(H,26,29). The van der Waals surface area contributed by atoms with Crippen LogP contribution >= 0.6 is 11.6 Å². The van der Waals surface area contributed by atoms with Crippen molar-refractivity contribution < 1.29 is 14.0 Å². The Morgan fingerprint density at radius 2 is 1.73 bits per heavy atom. The number of nitrogens with one attached hydrogen (secondary N) is 2. The molecular formula is C23H18ClN3O3. The molecule has 0 spiro atoms. The molecule has 0 fully saturated rings. The molecule has 7 heteroatoms. The second-order valence-corrected chi connectivity index (χ2v) is 7.06. The Morgan fingerprint density at radius 1 is 1.00 bits per heavy atom. The highest BCUT2D eigenvalue weighted by Crippen LogP contribution is 2.34. The number of anilines is 1. The summed E-state index contributed by atoms with van der Waals surface area (Å²) in [6, 6.07) is 19.2. The van der Waals surface area contributed by atoms with Gasteiger partial charge < -0.3 is 20.5 Å². The van der Waals surface area contributed by atoms with Crippen molar-refractivity contribution >= 4 is 29.1 Å². The van der Waals surface area contributed by atoms with E-state index in [9.17, 15) is 9.59 Å². The Balaban J connectivity index is 1.79. The van der Waals surface area contributed by atoms with Crippen molar-refractivity contribution in [1.29, 1.82) is 0 Å². The maximum absolute atomic E-state index is 13.2. The Kier molecular flexibility index (Phi) is 5.41. The number of carbonyl (C=O) groups is 2. The topological polar surface area (TPSA) is 101 Å². The predicted octanol–water partition coefficient (Wildman–Crippen LogP) is 4.67. The number of nitrogen functional groups attached to an aromatic ring is 1. The largest absolute Gasteiger partial charge is 0.467 e. The van der Waals surface area contributed by atoms with Gasteiger partial charge in [-0.05, 0) is 29.8 Å². The van der Waals surface area contributed by atoms with E-state index < -0.39 is 5.91 Å². The van der Waals surface area contributed by atoms with Crippen LogP contribution in [0, 0.1) is 0 Å². The van der Waals surface area contributed by atoms with Gasteiger partial charge in [-0.25, -0.2) is 0 Å². The van der Waals surface area contributed by atoms with E-state index in [1.54, 1.807) is 60.7 Å². The van der Waals surface area contributed by atoms with Gasteiger partial charge in [0.05, 0.1) is 24.1 Å². The second-order valence-electron chi connectivity index (χ2n) is 6.63. The van der Waals surface area contributed by atoms with Crippen molar-refractivity contribution in [2.45, 2.75) is 6.54 Å². The van der Waals surface area contributed by atoms with E-state index in [-0.39, 0.29) is 29.4 Å². The van der Waals surface area contributed by atoms with Crippen molar-refractivity contribution in [1.82, 2.24) is 10.3 Å². The number of carbonyl (C=O) groups excluding carboxylic acids is 2. The summed E-state index contributed by atoms with van der Waals surface area (Å²) >= 11 is 6.02. The van der Waals surface area contributed by atoms with Crippen molar-refractivity contribution in [3.8, 4) is 11.1 Å². The number of rotatable bonds is 6. The lowest BCUT2D eigenvalue weighted by atomic mass is 9.96. The summed E-state index contributed by atoms with van der Waals surface area (Å²) in [4.78, 5) is 29.1. The number of ketones is 1. The Bertz CT molecular complexity index is 1180. The lowest BCUT2D eigenvalue weighted by Crippen LogP contribution is -2.23. The van der Waals surface area contributed by atoms with Crippen LogP contribution in [0.2, 0.25) is 5.02 Å². The van der Waals surface area contributed by atoms with Crippen molar-refractivity contribution in [3.05, 3.63) is 101 Å². The Labute approximate surface area is 177 Å². The van der Waals surface area contributed by atoms with Crippen LogP contribution in [-0.4, -0.2) is 16.7 Å². The summed E-state index contributed by atoms with van der Waals surface area (Å²) in [6.07, 6.45) is 1.53. The van der Waals surface area contributed by atoms with Gasteiger partial charge in [0, 0.05) is 16.1 Å². The molecule has 4 aromatic rings. The highest BCUT2D eigenvalue weighted by Gasteiger charge is 2.27. The van der Waals surface area contributed by atoms with Crippen molar-refractivity contribution in [2.24, 2.45) is 0 Å². The molecule has 0 bridgehead atoms. The first-order valence-corrected chi connectivity index (χ1v) is 9.60. The van der Waals surface area contributed by atoms with Gasteiger partial charge in [-0.2, -0.15) is 0 Å². The van der Waals surface area contributed by atoms with E-state index in [4.69, 9.17) is 21.8 Å².